The number of aryl methyl sites for hydroxylation is 1. The molecule has 4 nitrogen and oxygen atoms in total. The van der Waals surface area contributed by atoms with Gasteiger partial charge in [-0.2, -0.15) is 5.26 Å². The molecule has 90 valence electrons. The van der Waals surface area contributed by atoms with Crippen LogP contribution in [0.1, 0.15) is 21.6 Å². The number of fused-ring (bicyclic) bond motifs is 3. The summed E-state index contributed by atoms with van der Waals surface area (Å²) in [5.41, 5.74) is 3.23. The van der Waals surface area contributed by atoms with E-state index in [9.17, 15) is 4.79 Å². The third-order valence-electron chi connectivity index (χ3n) is 3.33. The summed E-state index contributed by atoms with van der Waals surface area (Å²) in [6, 6.07) is 5.77. The molecule has 18 heavy (non-hydrogen) atoms. The van der Waals surface area contributed by atoms with Crippen LogP contribution in [0.5, 0.6) is 0 Å². The Kier molecular flexibility index (Phi) is 2.42. The molecular formula is C13H10BrN3O. The summed E-state index contributed by atoms with van der Waals surface area (Å²) < 4.78 is 2.88. The summed E-state index contributed by atoms with van der Waals surface area (Å²) >= 11 is 3.50. The van der Waals surface area contributed by atoms with Crippen LogP contribution in [0, 0.1) is 18.3 Å². The van der Waals surface area contributed by atoms with E-state index in [1.54, 1.807) is 6.07 Å². The number of nitrogens with one attached hydrogen (secondary N) is 1. The van der Waals surface area contributed by atoms with E-state index in [1.165, 1.54) is 0 Å². The Morgan fingerprint density at radius 1 is 1.50 bits per heavy atom. The number of nitriles is 1. The van der Waals surface area contributed by atoms with Gasteiger partial charge in [0.15, 0.2) is 0 Å². The quantitative estimate of drug-likeness (QED) is 0.812. The molecule has 0 spiro atoms. The number of halogens is 1. The summed E-state index contributed by atoms with van der Waals surface area (Å²) in [7, 11) is 0. The molecule has 0 saturated heterocycles. The number of hydrogen-bond donors (Lipinski definition) is 1. The Hall–Kier alpha value is -1.80. The van der Waals surface area contributed by atoms with Crippen LogP contribution in [-0.4, -0.2) is 17.0 Å². The molecule has 1 N–H and O–H groups in total. The molecule has 1 aromatic carbocycles. The van der Waals surface area contributed by atoms with Gasteiger partial charge in [0.25, 0.3) is 5.91 Å². The van der Waals surface area contributed by atoms with Crippen molar-refractivity contribution in [2.24, 2.45) is 0 Å². The summed E-state index contributed by atoms with van der Waals surface area (Å²) in [5, 5.41) is 12.8. The zero-order chi connectivity index (χ0) is 12.9. The van der Waals surface area contributed by atoms with E-state index in [0.717, 1.165) is 27.5 Å². The molecule has 2 heterocycles. The van der Waals surface area contributed by atoms with Gasteiger partial charge in [0.1, 0.15) is 5.69 Å². The minimum atomic E-state index is -0.0413. The third-order valence-corrected chi connectivity index (χ3v) is 3.93. The van der Waals surface area contributed by atoms with Crippen molar-refractivity contribution in [2.45, 2.75) is 13.5 Å². The summed E-state index contributed by atoms with van der Waals surface area (Å²) in [4.78, 5) is 11.9. The van der Waals surface area contributed by atoms with E-state index in [0.29, 0.717) is 17.8 Å². The lowest BCUT2D eigenvalue weighted by Crippen LogP contribution is -2.35. The molecule has 1 aliphatic heterocycles. The largest absolute Gasteiger partial charge is 0.349 e. The first-order chi connectivity index (χ1) is 8.63. The second kappa shape index (κ2) is 3.85. The van der Waals surface area contributed by atoms with Gasteiger partial charge in [-0.15, -0.1) is 0 Å². The summed E-state index contributed by atoms with van der Waals surface area (Å²) in [5.74, 6) is -0.0413. The van der Waals surface area contributed by atoms with Crippen LogP contribution in [-0.2, 0) is 6.54 Å². The first kappa shape index (κ1) is 11.3. The van der Waals surface area contributed by atoms with Gasteiger partial charge in [-0.1, -0.05) is 0 Å². The van der Waals surface area contributed by atoms with Gasteiger partial charge in [-0.25, -0.2) is 0 Å². The topological polar surface area (TPSA) is 57.8 Å². The average Bonchev–Trinajstić information content (AvgIpc) is 2.65. The van der Waals surface area contributed by atoms with E-state index < -0.39 is 0 Å². The van der Waals surface area contributed by atoms with Crippen molar-refractivity contribution in [1.29, 1.82) is 5.26 Å². The molecule has 1 amide bonds. The Balaban J connectivity index is 2.47. The predicted molar refractivity (Wildman–Crippen MR) is 71.4 cm³/mol. The maximum atomic E-state index is 11.9. The van der Waals surface area contributed by atoms with Gasteiger partial charge in [0.2, 0.25) is 0 Å². The standard InChI is InChI=1S/C13H10BrN3O/c1-7-9-4-8(6-15)5-10(14)12(9)17-3-2-16-13(18)11(7)17/h4-5H,2-3H2,1H3,(H,16,18). The van der Waals surface area contributed by atoms with E-state index in [4.69, 9.17) is 5.26 Å². The lowest BCUT2D eigenvalue weighted by molar-refractivity contribution is 0.0928. The van der Waals surface area contributed by atoms with Crippen molar-refractivity contribution in [3.8, 4) is 6.07 Å². The van der Waals surface area contributed by atoms with Crippen molar-refractivity contribution >= 4 is 32.7 Å². The fourth-order valence-corrected chi connectivity index (χ4v) is 3.22. The van der Waals surface area contributed by atoms with Crippen molar-refractivity contribution in [3.05, 3.63) is 33.4 Å². The van der Waals surface area contributed by atoms with Crippen LogP contribution < -0.4 is 5.32 Å². The number of carbonyl (C=O) groups is 1. The van der Waals surface area contributed by atoms with E-state index in [-0.39, 0.29) is 5.91 Å². The predicted octanol–water partition coefficient (Wildman–Crippen LogP) is 2.33. The molecule has 3 rings (SSSR count). The van der Waals surface area contributed by atoms with E-state index >= 15 is 0 Å². The van der Waals surface area contributed by atoms with Crippen LogP contribution in [0.3, 0.4) is 0 Å². The lowest BCUT2D eigenvalue weighted by atomic mass is 10.1. The SMILES string of the molecule is Cc1c2n(c3c(Br)cc(C#N)cc13)CCNC2=O. The van der Waals surface area contributed by atoms with Crippen molar-refractivity contribution in [2.75, 3.05) is 6.54 Å². The second-order valence-corrected chi connectivity index (χ2v) is 5.20. The number of benzene rings is 1. The number of hydrogen-bond acceptors (Lipinski definition) is 2. The molecule has 1 aliphatic rings. The third kappa shape index (κ3) is 1.39. The minimum Gasteiger partial charge on any atom is -0.349 e. The van der Waals surface area contributed by atoms with Crippen LogP contribution in [0.15, 0.2) is 16.6 Å². The zero-order valence-corrected chi connectivity index (χ0v) is 11.3. The lowest BCUT2D eigenvalue weighted by Gasteiger charge is -2.17. The highest BCUT2D eigenvalue weighted by Crippen LogP contribution is 2.33. The van der Waals surface area contributed by atoms with E-state index in [2.05, 4.69) is 27.3 Å². The van der Waals surface area contributed by atoms with Gasteiger partial charge in [0.05, 0.1) is 17.1 Å². The Bertz CT molecular complexity index is 724. The van der Waals surface area contributed by atoms with Crippen molar-refractivity contribution < 1.29 is 4.79 Å². The Morgan fingerprint density at radius 2 is 2.28 bits per heavy atom. The summed E-state index contributed by atoms with van der Waals surface area (Å²) in [6.45, 7) is 3.32. The maximum absolute atomic E-state index is 11.9. The Labute approximate surface area is 112 Å². The first-order valence-electron chi connectivity index (χ1n) is 5.64. The van der Waals surface area contributed by atoms with Crippen LogP contribution >= 0.6 is 15.9 Å². The molecule has 2 aromatic rings. The Morgan fingerprint density at radius 3 is 3.00 bits per heavy atom. The van der Waals surface area contributed by atoms with Gasteiger partial charge < -0.3 is 9.88 Å². The molecule has 0 fully saturated rings. The molecule has 5 heteroatoms. The molecule has 0 unspecified atom stereocenters. The van der Waals surface area contributed by atoms with Crippen LogP contribution in [0.25, 0.3) is 10.9 Å². The highest BCUT2D eigenvalue weighted by atomic mass is 79.9. The molecule has 0 bridgehead atoms. The monoisotopic (exact) mass is 303 g/mol. The maximum Gasteiger partial charge on any atom is 0.268 e. The second-order valence-electron chi connectivity index (χ2n) is 4.35. The average molecular weight is 304 g/mol. The van der Waals surface area contributed by atoms with Gasteiger partial charge in [-0.3, -0.25) is 4.79 Å². The smallest absolute Gasteiger partial charge is 0.268 e. The minimum absolute atomic E-state index is 0.0413. The molecule has 0 saturated carbocycles. The summed E-state index contributed by atoms with van der Waals surface area (Å²) in [6.07, 6.45) is 0. The number of aromatic nitrogens is 1. The molecule has 0 radical (unpaired) electrons. The van der Waals surface area contributed by atoms with Crippen molar-refractivity contribution in [3.63, 3.8) is 0 Å². The first-order valence-corrected chi connectivity index (χ1v) is 6.43. The van der Waals surface area contributed by atoms with Crippen LogP contribution in [0.4, 0.5) is 0 Å². The number of carbonyl (C=O) groups excluding carboxylic acids is 1. The van der Waals surface area contributed by atoms with Crippen molar-refractivity contribution in [1.82, 2.24) is 9.88 Å². The van der Waals surface area contributed by atoms with Gasteiger partial charge in [-0.05, 0) is 40.5 Å². The molecular weight excluding hydrogens is 294 g/mol. The van der Waals surface area contributed by atoms with Crippen LogP contribution in [0.2, 0.25) is 0 Å². The van der Waals surface area contributed by atoms with E-state index in [1.807, 2.05) is 17.6 Å². The zero-order valence-electron chi connectivity index (χ0n) is 9.75. The fourth-order valence-electron chi connectivity index (χ4n) is 2.55. The highest BCUT2D eigenvalue weighted by molar-refractivity contribution is 9.10. The molecule has 0 atom stereocenters. The number of nitrogens with zero attached hydrogens (tertiary/aromatic N) is 2. The highest BCUT2D eigenvalue weighted by Gasteiger charge is 2.24. The normalized spacial score (nSPS) is 14.2. The van der Waals surface area contributed by atoms with Gasteiger partial charge >= 0.3 is 0 Å². The molecule has 0 aliphatic carbocycles. The fraction of sp³-hybridized carbons (Fsp3) is 0.231. The number of rotatable bonds is 0. The molecule has 1 aromatic heterocycles. The number of amides is 1. The van der Waals surface area contributed by atoms with Gasteiger partial charge in [0, 0.05) is 22.9 Å².